The van der Waals surface area contributed by atoms with Gasteiger partial charge in [0.25, 0.3) is 11.8 Å². The van der Waals surface area contributed by atoms with Crippen LogP contribution in [0.15, 0.2) is 64.9 Å². The highest BCUT2D eigenvalue weighted by Gasteiger charge is 2.29. The molecule has 0 saturated carbocycles. The third kappa shape index (κ3) is 4.54. The molecule has 0 radical (unpaired) electrons. The van der Waals surface area contributed by atoms with Gasteiger partial charge in [0.05, 0.1) is 6.54 Å². The molecule has 2 aromatic rings. The first-order valence-electron chi connectivity index (χ1n) is 10.4. The fourth-order valence-electron chi connectivity index (χ4n) is 3.78. The monoisotopic (exact) mass is 450 g/mol. The Bertz CT molecular complexity index is 1140. The minimum atomic E-state index is -0.812. The summed E-state index contributed by atoms with van der Waals surface area (Å²) < 4.78 is 13.1. The lowest BCUT2D eigenvalue weighted by Crippen LogP contribution is -2.47. The van der Waals surface area contributed by atoms with Crippen molar-refractivity contribution in [2.45, 2.75) is 6.42 Å². The van der Waals surface area contributed by atoms with Crippen LogP contribution in [-0.4, -0.2) is 55.6 Å². The standard InChI is InChI=1S/C23H23FN6O3/c1-28-12-2-13-30(23(28)33)18-9-7-17(8-10-18)29-14-11-26-19(20(29)21(25)31)22(32)27-16-5-3-15(24)4-6-16/h3-11H,2,12-14H2,1H3,(H2,25,31)(H,27,32). The number of urea groups is 1. The second kappa shape index (κ2) is 9.11. The van der Waals surface area contributed by atoms with Crippen LogP contribution in [0.2, 0.25) is 0 Å². The Kier molecular flexibility index (Phi) is 6.07. The number of hydrogen-bond donors (Lipinski definition) is 2. The zero-order valence-corrected chi connectivity index (χ0v) is 18.0. The lowest BCUT2D eigenvalue weighted by atomic mass is 10.1. The predicted octanol–water partition coefficient (Wildman–Crippen LogP) is 2.31. The van der Waals surface area contributed by atoms with Crippen molar-refractivity contribution in [1.29, 1.82) is 0 Å². The van der Waals surface area contributed by atoms with Crippen molar-refractivity contribution in [2.24, 2.45) is 10.7 Å². The summed E-state index contributed by atoms with van der Waals surface area (Å²) >= 11 is 0. The van der Waals surface area contributed by atoms with E-state index in [1.807, 2.05) is 0 Å². The summed E-state index contributed by atoms with van der Waals surface area (Å²) in [5, 5.41) is 2.60. The van der Waals surface area contributed by atoms with E-state index in [1.165, 1.54) is 30.5 Å². The quantitative estimate of drug-likeness (QED) is 0.728. The smallest absolute Gasteiger partial charge is 0.324 e. The SMILES string of the molecule is CN1CCCN(c2ccc(N3CC=NC(C(=O)Nc4ccc(F)cc4)=C3C(N)=O)cc2)C1=O. The van der Waals surface area contributed by atoms with E-state index in [1.54, 1.807) is 46.0 Å². The van der Waals surface area contributed by atoms with Gasteiger partial charge in [-0.1, -0.05) is 0 Å². The van der Waals surface area contributed by atoms with Gasteiger partial charge in [-0.05, 0) is 55.0 Å². The summed E-state index contributed by atoms with van der Waals surface area (Å²) in [6.45, 7) is 1.57. The van der Waals surface area contributed by atoms with Gasteiger partial charge in [-0.3, -0.25) is 19.5 Å². The number of nitrogens with one attached hydrogen (secondary N) is 1. The molecule has 3 N–H and O–H groups in total. The number of hydrogen-bond acceptors (Lipinski definition) is 5. The average molecular weight is 450 g/mol. The van der Waals surface area contributed by atoms with Gasteiger partial charge in [-0.15, -0.1) is 0 Å². The summed E-state index contributed by atoms with van der Waals surface area (Å²) in [7, 11) is 1.76. The first-order valence-corrected chi connectivity index (χ1v) is 10.4. The van der Waals surface area contributed by atoms with Crippen LogP contribution in [0.5, 0.6) is 0 Å². The van der Waals surface area contributed by atoms with Gasteiger partial charge in [0.2, 0.25) is 0 Å². The molecule has 2 aromatic carbocycles. The van der Waals surface area contributed by atoms with Gasteiger partial charge in [0.15, 0.2) is 5.70 Å². The van der Waals surface area contributed by atoms with Crippen LogP contribution in [0.4, 0.5) is 26.2 Å². The molecule has 0 spiro atoms. The number of nitrogens with zero attached hydrogens (tertiary/aromatic N) is 4. The maximum Gasteiger partial charge on any atom is 0.324 e. The average Bonchev–Trinajstić information content (AvgIpc) is 2.82. The summed E-state index contributed by atoms with van der Waals surface area (Å²) in [6, 6.07) is 12.2. The molecule has 4 amide bonds. The largest absolute Gasteiger partial charge is 0.364 e. The number of primary amides is 1. The highest BCUT2D eigenvalue weighted by Crippen LogP contribution is 2.28. The third-order valence-corrected chi connectivity index (χ3v) is 5.44. The number of amides is 4. The van der Waals surface area contributed by atoms with Crippen molar-refractivity contribution >= 4 is 41.1 Å². The molecular weight excluding hydrogens is 427 g/mol. The number of anilines is 3. The van der Waals surface area contributed by atoms with Crippen LogP contribution in [0.3, 0.4) is 0 Å². The first kappa shape index (κ1) is 22.0. The number of carbonyl (C=O) groups excluding carboxylic acids is 3. The fraction of sp³-hybridized carbons (Fsp3) is 0.217. The molecule has 0 atom stereocenters. The van der Waals surface area contributed by atoms with Gasteiger partial charge < -0.3 is 20.9 Å². The van der Waals surface area contributed by atoms with Crippen LogP contribution in [0, 0.1) is 5.82 Å². The molecule has 10 heteroatoms. The van der Waals surface area contributed by atoms with Crippen LogP contribution in [0.1, 0.15) is 6.42 Å². The summed E-state index contributed by atoms with van der Waals surface area (Å²) in [4.78, 5) is 46.6. The topological polar surface area (TPSA) is 111 Å². The molecule has 4 rings (SSSR count). The Morgan fingerprint density at radius 2 is 1.64 bits per heavy atom. The molecule has 2 aliphatic heterocycles. The van der Waals surface area contributed by atoms with Crippen molar-refractivity contribution in [3.05, 3.63) is 65.7 Å². The molecule has 9 nitrogen and oxygen atoms in total. The fourth-order valence-corrected chi connectivity index (χ4v) is 3.78. The molecule has 33 heavy (non-hydrogen) atoms. The Hall–Kier alpha value is -4.21. The second-order valence-electron chi connectivity index (χ2n) is 7.67. The first-order chi connectivity index (χ1) is 15.8. The van der Waals surface area contributed by atoms with E-state index in [0.29, 0.717) is 17.9 Å². The van der Waals surface area contributed by atoms with Gasteiger partial charge >= 0.3 is 6.03 Å². The minimum absolute atomic E-state index is 0.0568. The highest BCUT2D eigenvalue weighted by atomic mass is 19.1. The predicted molar refractivity (Wildman–Crippen MR) is 124 cm³/mol. The van der Waals surface area contributed by atoms with Crippen molar-refractivity contribution in [1.82, 2.24) is 4.90 Å². The molecular formula is C23H23FN6O3. The van der Waals surface area contributed by atoms with E-state index < -0.39 is 17.6 Å². The number of aliphatic imine (C=N–C) groups is 1. The van der Waals surface area contributed by atoms with Crippen LogP contribution in [0.25, 0.3) is 0 Å². The minimum Gasteiger partial charge on any atom is -0.364 e. The molecule has 0 aliphatic carbocycles. The molecule has 1 fully saturated rings. The Balaban J connectivity index is 1.60. The molecule has 0 aromatic heterocycles. The van der Waals surface area contributed by atoms with E-state index in [0.717, 1.165) is 18.7 Å². The zero-order valence-electron chi connectivity index (χ0n) is 18.0. The number of rotatable bonds is 5. The number of nitrogens with two attached hydrogens (primary N) is 1. The van der Waals surface area contributed by atoms with Gasteiger partial charge in [-0.25, -0.2) is 9.18 Å². The zero-order chi connectivity index (χ0) is 23.5. The molecule has 0 bridgehead atoms. The maximum atomic E-state index is 13.1. The van der Waals surface area contributed by atoms with Crippen molar-refractivity contribution in [2.75, 3.05) is 41.8 Å². The van der Waals surface area contributed by atoms with Gasteiger partial charge in [0.1, 0.15) is 11.5 Å². The summed E-state index contributed by atoms with van der Waals surface area (Å²) in [5.41, 5.74) is 7.12. The normalized spacial score (nSPS) is 16.3. The second-order valence-corrected chi connectivity index (χ2v) is 7.67. The van der Waals surface area contributed by atoms with Gasteiger partial charge in [-0.2, -0.15) is 0 Å². The van der Waals surface area contributed by atoms with E-state index in [2.05, 4.69) is 10.3 Å². The lowest BCUT2D eigenvalue weighted by Gasteiger charge is -2.34. The molecule has 2 aliphatic rings. The Morgan fingerprint density at radius 1 is 1.00 bits per heavy atom. The van der Waals surface area contributed by atoms with Crippen molar-refractivity contribution in [3.63, 3.8) is 0 Å². The molecule has 1 saturated heterocycles. The molecule has 170 valence electrons. The van der Waals surface area contributed by atoms with Crippen LogP contribution < -0.4 is 20.9 Å². The molecule has 2 heterocycles. The number of benzene rings is 2. The van der Waals surface area contributed by atoms with Crippen LogP contribution >= 0.6 is 0 Å². The van der Waals surface area contributed by atoms with Gasteiger partial charge in [0, 0.05) is 43.4 Å². The lowest BCUT2D eigenvalue weighted by molar-refractivity contribution is -0.116. The van der Waals surface area contributed by atoms with Crippen molar-refractivity contribution < 1.29 is 18.8 Å². The molecule has 0 unspecified atom stereocenters. The van der Waals surface area contributed by atoms with Crippen molar-refractivity contribution in [3.8, 4) is 0 Å². The maximum absolute atomic E-state index is 13.1. The Morgan fingerprint density at radius 3 is 2.27 bits per heavy atom. The summed E-state index contributed by atoms with van der Waals surface area (Å²) in [6.07, 6.45) is 2.37. The third-order valence-electron chi connectivity index (χ3n) is 5.44. The van der Waals surface area contributed by atoms with Crippen LogP contribution in [-0.2, 0) is 9.59 Å². The highest BCUT2D eigenvalue weighted by molar-refractivity contribution is 6.12. The van der Waals surface area contributed by atoms with E-state index in [-0.39, 0.29) is 24.0 Å². The van der Waals surface area contributed by atoms with E-state index in [4.69, 9.17) is 5.73 Å². The van der Waals surface area contributed by atoms with E-state index >= 15 is 0 Å². The number of carbonyl (C=O) groups is 3. The number of halogens is 1. The Labute approximate surface area is 190 Å². The van der Waals surface area contributed by atoms with E-state index in [9.17, 15) is 18.8 Å². The summed E-state index contributed by atoms with van der Waals surface area (Å²) in [5.74, 6) is -1.89.